The van der Waals surface area contributed by atoms with Gasteiger partial charge in [-0.1, -0.05) is 48.5 Å². The molecule has 3 aromatic carbocycles. The van der Waals surface area contributed by atoms with E-state index in [0.717, 1.165) is 23.2 Å². The summed E-state index contributed by atoms with van der Waals surface area (Å²) in [5.41, 5.74) is -1.14. The van der Waals surface area contributed by atoms with Crippen LogP contribution >= 0.6 is 0 Å². The van der Waals surface area contributed by atoms with Crippen molar-refractivity contribution in [3.63, 3.8) is 0 Å². The van der Waals surface area contributed by atoms with Crippen molar-refractivity contribution >= 4 is 39.5 Å². The highest BCUT2D eigenvalue weighted by molar-refractivity contribution is 5.97. The van der Waals surface area contributed by atoms with E-state index in [1.54, 1.807) is 11.8 Å². The first kappa shape index (κ1) is 22.0. The van der Waals surface area contributed by atoms with Crippen molar-refractivity contribution in [2.75, 3.05) is 16.8 Å². The molecular formula is C23H18F3N5O2. The van der Waals surface area contributed by atoms with Gasteiger partial charge in [0, 0.05) is 11.9 Å². The molecule has 0 atom stereocenters. The number of hydrogen-bond donors (Lipinski definition) is 1. The molecule has 0 aliphatic rings. The number of hydrogen-bond acceptors (Lipinski definition) is 6. The summed E-state index contributed by atoms with van der Waals surface area (Å²) in [7, 11) is 0. The van der Waals surface area contributed by atoms with Gasteiger partial charge in [0.1, 0.15) is 6.33 Å². The van der Waals surface area contributed by atoms with Crippen molar-refractivity contribution < 1.29 is 18.1 Å². The van der Waals surface area contributed by atoms with E-state index < -0.39 is 22.4 Å². The van der Waals surface area contributed by atoms with Crippen LogP contribution in [0.2, 0.25) is 0 Å². The van der Waals surface area contributed by atoms with Gasteiger partial charge in [-0.3, -0.25) is 10.1 Å². The van der Waals surface area contributed by atoms with Gasteiger partial charge in [-0.05, 0) is 30.5 Å². The second-order valence-electron chi connectivity index (χ2n) is 7.06. The zero-order valence-electron chi connectivity index (χ0n) is 17.4. The molecule has 0 aliphatic heterocycles. The van der Waals surface area contributed by atoms with Gasteiger partial charge in [0.15, 0.2) is 0 Å². The fourth-order valence-corrected chi connectivity index (χ4v) is 3.67. The molecule has 0 saturated carbocycles. The van der Waals surface area contributed by atoms with Crippen molar-refractivity contribution in [1.82, 2.24) is 9.97 Å². The van der Waals surface area contributed by atoms with Gasteiger partial charge in [-0.25, -0.2) is 9.97 Å². The first-order valence-corrected chi connectivity index (χ1v) is 9.99. The molecule has 0 radical (unpaired) electrons. The minimum Gasteiger partial charge on any atom is -0.334 e. The Morgan fingerprint density at radius 1 is 1.00 bits per heavy atom. The predicted octanol–water partition coefficient (Wildman–Crippen LogP) is 6.46. The third kappa shape index (κ3) is 4.27. The van der Waals surface area contributed by atoms with Crippen LogP contribution in [0.25, 0.3) is 10.8 Å². The fourth-order valence-electron chi connectivity index (χ4n) is 3.67. The summed E-state index contributed by atoms with van der Waals surface area (Å²) in [6.07, 6.45) is -3.55. The van der Waals surface area contributed by atoms with E-state index in [1.807, 2.05) is 42.5 Å². The lowest BCUT2D eigenvalue weighted by Crippen LogP contribution is -2.20. The Balaban J connectivity index is 1.86. The third-order valence-corrected chi connectivity index (χ3v) is 5.10. The number of nitrogens with one attached hydrogen (secondary N) is 1. The van der Waals surface area contributed by atoms with Crippen molar-refractivity contribution in [2.45, 2.75) is 13.1 Å². The van der Waals surface area contributed by atoms with Crippen LogP contribution in [0.15, 0.2) is 73.1 Å². The molecule has 0 unspecified atom stereocenters. The Morgan fingerprint density at radius 2 is 1.70 bits per heavy atom. The number of benzene rings is 3. The second-order valence-corrected chi connectivity index (χ2v) is 7.06. The summed E-state index contributed by atoms with van der Waals surface area (Å²) in [4.78, 5) is 21.0. The van der Waals surface area contributed by atoms with Crippen LogP contribution in [-0.4, -0.2) is 21.4 Å². The molecule has 7 nitrogen and oxygen atoms in total. The highest BCUT2D eigenvalue weighted by Gasteiger charge is 2.35. The number of anilines is 4. The van der Waals surface area contributed by atoms with Crippen molar-refractivity contribution in [2.24, 2.45) is 0 Å². The second kappa shape index (κ2) is 8.73. The van der Waals surface area contributed by atoms with Crippen LogP contribution in [0.4, 0.5) is 41.9 Å². The maximum atomic E-state index is 13.4. The normalized spacial score (nSPS) is 11.4. The fraction of sp³-hybridized carbons (Fsp3) is 0.130. The average molecular weight is 453 g/mol. The van der Waals surface area contributed by atoms with Crippen LogP contribution in [0.3, 0.4) is 0 Å². The molecule has 0 aliphatic carbocycles. The molecule has 0 fully saturated rings. The highest BCUT2D eigenvalue weighted by atomic mass is 19.4. The Bertz CT molecular complexity index is 1320. The summed E-state index contributed by atoms with van der Waals surface area (Å²) in [5, 5.41) is 16.4. The Labute approximate surface area is 186 Å². The average Bonchev–Trinajstić information content (AvgIpc) is 2.79. The maximum absolute atomic E-state index is 13.4. The number of alkyl halides is 3. The first-order chi connectivity index (χ1) is 15.8. The Hall–Kier alpha value is -4.21. The van der Waals surface area contributed by atoms with E-state index in [2.05, 4.69) is 15.3 Å². The molecule has 1 heterocycles. The molecule has 0 spiro atoms. The summed E-state index contributed by atoms with van der Waals surface area (Å²) in [5.74, 6) is -0.360. The van der Waals surface area contributed by atoms with Gasteiger partial charge >= 0.3 is 11.9 Å². The zero-order valence-corrected chi connectivity index (χ0v) is 17.4. The standard InChI is InChI=1S/C23H18F3N5O2/c1-2-30(19-13-7-9-15-8-3-4-10-16(15)19)22-20(31(32)33)21(27-14-28-22)29-18-12-6-5-11-17(18)23(24,25)26/h3-14H,2H2,1H3,(H,27,28,29). The lowest BCUT2D eigenvalue weighted by atomic mass is 10.1. The van der Waals surface area contributed by atoms with E-state index in [9.17, 15) is 23.3 Å². The molecule has 33 heavy (non-hydrogen) atoms. The predicted molar refractivity (Wildman–Crippen MR) is 120 cm³/mol. The summed E-state index contributed by atoms with van der Waals surface area (Å²) in [6.45, 7) is 2.13. The van der Waals surface area contributed by atoms with E-state index in [4.69, 9.17) is 0 Å². The van der Waals surface area contributed by atoms with E-state index in [0.29, 0.717) is 12.2 Å². The van der Waals surface area contributed by atoms with Gasteiger partial charge < -0.3 is 10.2 Å². The smallest absolute Gasteiger partial charge is 0.334 e. The van der Waals surface area contributed by atoms with Gasteiger partial charge in [-0.15, -0.1) is 0 Å². The maximum Gasteiger partial charge on any atom is 0.418 e. The van der Waals surface area contributed by atoms with E-state index in [1.165, 1.54) is 18.2 Å². The SMILES string of the molecule is CCN(c1ncnc(Nc2ccccc2C(F)(F)F)c1[N+](=O)[O-])c1cccc2ccccc12. The lowest BCUT2D eigenvalue weighted by Gasteiger charge is -2.24. The topological polar surface area (TPSA) is 84.2 Å². The van der Waals surface area contributed by atoms with Crippen LogP contribution in [-0.2, 0) is 6.18 Å². The summed E-state index contributed by atoms with van der Waals surface area (Å²) < 4.78 is 40.3. The summed E-state index contributed by atoms with van der Waals surface area (Å²) >= 11 is 0. The van der Waals surface area contributed by atoms with E-state index in [-0.39, 0.29) is 17.3 Å². The van der Waals surface area contributed by atoms with Crippen molar-refractivity contribution in [3.05, 3.63) is 88.7 Å². The number of rotatable bonds is 6. The monoisotopic (exact) mass is 453 g/mol. The van der Waals surface area contributed by atoms with Crippen molar-refractivity contribution in [1.29, 1.82) is 0 Å². The molecular weight excluding hydrogens is 435 g/mol. The molecule has 1 N–H and O–H groups in total. The Kier molecular flexibility index (Phi) is 5.82. The largest absolute Gasteiger partial charge is 0.418 e. The van der Waals surface area contributed by atoms with Gasteiger partial charge in [0.25, 0.3) is 0 Å². The van der Waals surface area contributed by atoms with Crippen LogP contribution in [0.1, 0.15) is 12.5 Å². The molecule has 4 aromatic rings. The minimum atomic E-state index is -4.65. The van der Waals surface area contributed by atoms with Crippen LogP contribution in [0, 0.1) is 10.1 Å². The number of fused-ring (bicyclic) bond motifs is 1. The summed E-state index contributed by atoms with van der Waals surface area (Å²) in [6, 6.07) is 17.8. The van der Waals surface area contributed by atoms with Crippen LogP contribution < -0.4 is 10.2 Å². The lowest BCUT2D eigenvalue weighted by molar-refractivity contribution is -0.383. The van der Waals surface area contributed by atoms with Gasteiger partial charge in [0.05, 0.1) is 21.9 Å². The Morgan fingerprint density at radius 3 is 2.42 bits per heavy atom. The molecule has 0 amide bonds. The number of halogens is 3. The quantitative estimate of drug-likeness (QED) is 0.266. The number of para-hydroxylation sites is 1. The number of nitro groups is 1. The molecule has 0 bridgehead atoms. The molecule has 4 rings (SSSR count). The van der Waals surface area contributed by atoms with E-state index >= 15 is 0 Å². The third-order valence-electron chi connectivity index (χ3n) is 5.10. The minimum absolute atomic E-state index is 0.0270. The number of nitrogens with zero attached hydrogens (tertiary/aromatic N) is 4. The number of aromatic nitrogens is 2. The molecule has 0 saturated heterocycles. The zero-order chi connectivity index (χ0) is 23.6. The van der Waals surface area contributed by atoms with Gasteiger partial charge in [0.2, 0.25) is 11.6 Å². The highest BCUT2D eigenvalue weighted by Crippen LogP contribution is 2.41. The first-order valence-electron chi connectivity index (χ1n) is 9.99. The van der Waals surface area contributed by atoms with Gasteiger partial charge in [-0.2, -0.15) is 13.2 Å². The molecule has 168 valence electrons. The van der Waals surface area contributed by atoms with Crippen molar-refractivity contribution in [3.8, 4) is 0 Å². The molecule has 1 aromatic heterocycles. The molecule has 10 heteroatoms. The van der Waals surface area contributed by atoms with Crippen LogP contribution in [0.5, 0.6) is 0 Å².